The highest BCUT2D eigenvalue weighted by Gasteiger charge is 2.47. The number of methoxy groups -OCH3 is 1. The second-order valence-electron chi connectivity index (χ2n) is 12.8. The molecule has 7 heteroatoms. The minimum absolute atomic E-state index is 0.0226. The monoisotopic (exact) mass is 629 g/mol. The van der Waals surface area contributed by atoms with Crippen LogP contribution in [0.4, 0.5) is 0 Å². The van der Waals surface area contributed by atoms with E-state index in [-0.39, 0.29) is 5.78 Å². The van der Waals surface area contributed by atoms with Gasteiger partial charge in [-0.15, -0.1) is 11.3 Å². The van der Waals surface area contributed by atoms with E-state index < -0.39 is 8.32 Å². The minimum atomic E-state index is -2.07. The second kappa shape index (κ2) is 13.9. The van der Waals surface area contributed by atoms with Crippen LogP contribution in [-0.4, -0.2) is 52.4 Å². The molecule has 0 unspecified atom stereocenters. The van der Waals surface area contributed by atoms with Crippen LogP contribution >= 0.6 is 11.3 Å². The third kappa shape index (κ3) is 6.46. The second-order valence-corrected chi connectivity index (χ2v) is 19.3. The zero-order valence-corrected chi connectivity index (χ0v) is 29.1. The lowest BCUT2D eigenvalue weighted by Crippen LogP contribution is -2.50. The van der Waals surface area contributed by atoms with Crippen LogP contribution in [-0.2, 0) is 0 Å². The molecule has 0 aliphatic carbocycles. The van der Waals surface area contributed by atoms with Crippen LogP contribution < -0.4 is 13.9 Å². The lowest BCUT2D eigenvalue weighted by Gasteiger charge is -2.42. The van der Waals surface area contributed by atoms with Gasteiger partial charge in [-0.1, -0.05) is 59.7 Å². The van der Waals surface area contributed by atoms with Crippen molar-refractivity contribution < 1.29 is 18.7 Å². The molecular formula is C37H47NO4SSi. The number of hydrogen-bond acceptors (Lipinski definition) is 6. The molecule has 0 amide bonds. The fourth-order valence-corrected chi connectivity index (χ4v) is 13.5. The largest absolute Gasteiger partial charge is 0.543 e. The number of thiophene rings is 1. The van der Waals surface area contributed by atoms with Crippen molar-refractivity contribution in [3.05, 3.63) is 77.9 Å². The van der Waals surface area contributed by atoms with Gasteiger partial charge in [-0.25, -0.2) is 0 Å². The third-order valence-electron chi connectivity index (χ3n) is 9.23. The molecule has 1 saturated heterocycles. The zero-order chi connectivity index (χ0) is 31.4. The molecule has 1 aromatic heterocycles. The maximum Gasteiger partial charge on any atom is 0.258 e. The van der Waals surface area contributed by atoms with Crippen molar-refractivity contribution >= 4 is 35.5 Å². The van der Waals surface area contributed by atoms with E-state index in [1.807, 2.05) is 36.4 Å². The van der Waals surface area contributed by atoms with E-state index in [4.69, 9.17) is 13.9 Å². The number of likely N-dealkylation sites (tertiary alicyclic amines) is 1. The van der Waals surface area contributed by atoms with Gasteiger partial charge >= 0.3 is 0 Å². The molecule has 4 aromatic rings. The SMILES string of the molecule is COc1cc(C(=O)c2c(-c3ccc(O[Si](C(C)C)(C(C)C)C(C)C)cc3)sc3ccccc23)ccc1OCCN1CCCC1. The number of fused-ring (bicyclic) bond motifs is 1. The highest BCUT2D eigenvalue weighted by molar-refractivity contribution is 7.22. The van der Waals surface area contributed by atoms with Gasteiger partial charge in [-0.05, 0) is 96.6 Å². The fraction of sp³-hybridized carbons (Fsp3) is 0.432. The first-order valence-corrected chi connectivity index (χ1v) is 19.0. The minimum Gasteiger partial charge on any atom is -0.543 e. The Morgan fingerprint density at radius 3 is 2.16 bits per heavy atom. The molecule has 1 aliphatic rings. The molecule has 0 spiro atoms. The van der Waals surface area contributed by atoms with Crippen molar-refractivity contribution in [3.8, 4) is 27.7 Å². The molecule has 1 aliphatic heterocycles. The maximum atomic E-state index is 14.2. The standard InChI is InChI=1S/C37H47NO4SSi/c1-25(2)44(26(3)4,27(5)6)42-30-17-14-28(15-18-30)37-35(31-12-8-9-13-34(31)43-37)36(39)29-16-19-32(33(24-29)40-7)41-23-22-38-20-10-11-21-38/h8-9,12-19,24-27H,10-11,20-23H2,1-7H3. The van der Waals surface area contributed by atoms with Gasteiger partial charge < -0.3 is 13.9 Å². The smallest absolute Gasteiger partial charge is 0.258 e. The normalized spacial score (nSPS) is 14.2. The van der Waals surface area contributed by atoms with Gasteiger partial charge in [0.25, 0.3) is 8.32 Å². The summed E-state index contributed by atoms with van der Waals surface area (Å²) in [5.74, 6) is 2.13. The first-order chi connectivity index (χ1) is 21.1. The van der Waals surface area contributed by atoms with Crippen LogP contribution in [0, 0.1) is 0 Å². The number of nitrogens with zero attached hydrogens (tertiary/aromatic N) is 1. The molecule has 0 atom stereocenters. The van der Waals surface area contributed by atoms with Crippen molar-refractivity contribution in [1.82, 2.24) is 4.90 Å². The highest BCUT2D eigenvalue weighted by atomic mass is 32.1. The maximum absolute atomic E-state index is 14.2. The quantitative estimate of drug-likeness (QED) is 0.109. The number of hydrogen-bond donors (Lipinski definition) is 0. The zero-order valence-electron chi connectivity index (χ0n) is 27.3. The molecule has 5 rings (SSSR count). The topological polar surface area (TPSA) is 48.0 Å². The number of rotatable bonds is 13. The summed E-state index contributed by atoms with van der Waals surface area (Å²) in [6.45, 7) is 17.6. The van der Waals surface area contributed by atoms with Gasteiger partial charge in [0.1, 0.15) is 12.4 Å². The molecule has 5 nitrogen and oxygen atoms in total. The van der Waals surface area contributed by atoms with Gasteiger partial charge in [0.05, 0.1) is 7.11 Å². The molecular weight excluding hydrogens is 583 g/mol. The summed E-state index contributed by atoms with van der Waals surface area (Å²) in [4.78, 5) is 17.6. The van der Waals surface area contributed by atoms with Crippen molar-refractivity contribution in [2.75, 3.05) is 33.4 Å². The molecule has 2 heterocycles. The number of benzene rings is 3. The lowest BCUT2D eigenvalue weighted by atomic mass is 9.97. The summed E-state index contributed by atoms with van der Waals surface area (Å²) in [7, 11) is -0.444. The molecule has 0 N–H and O–H groups in total. The van der Waals surface area contributed by atoms with Crippen molar-refractivity contribution in [2.45, 2.75) is 71.0 Å². The van der Waals surface area contributed by atoms with Crippen molar-refractivity contribution in [2.24, 2.45) is 0 Å². The average Bonchev–Trinajstić information content (AvgIpc) is 3.67. The predicted octanol–water partition coefficient (Wildman–Crippen LogP) is 9.84. The summed E-state index contributed by atoms with van der Waals surface area (Å²) >= 11 is 1.66. The number of ketones is 1. The molecule has 0 bridgehead atoms. The Hall–Kier alpha value is -3.13. The van der Waals surface area contributed by atoms with Gasteiger partial charge in [0.2, 0.25) is 0 Å². The Balaban J connectivity index is 1.44. The van der Waals surface area contributed by atoms with Crippen LogP contribution in [0.2, 0.25) is 16.6 Å². The Morgan fingerprint density at radius 1 is 0.864 bits per heavy atom. The van der Waals surface area contributed by atoms with Crippen LogP contribution in [0.5, 0.6) is 17.2 Å². The van der Waals surface area contributed by atoms with E-state index in [2.05, 4.69) is 76.8 Å². The molecule has 0 saturated carbocycles. The number of ether oxygens (including phenoxy) is 2. The predicted molar refractivity (Wildman–Crippen MR) is 187 cm³/mol. The summed E-state index contributed by atoms with van der Waals surface area (Å²) < 4.78 is 19.8. The molecule has 0 radical (unpaired) electrons. The van der Waals surface area contributed by atoms with Crippen LogP contribution in [0.1, 0.15) is 70.3 Å². The Labute approximate surface area is 268 Å². The molecule has 44 heavy (non-hydrogen) atoms. The van der Waals surface area contributed by atoms with Crippen LogP contribution in [0.15, 0.2) is 66.7 Å². The first-order valence-electron chi connectivity index (χ1n) is 16.0. The molecule has 234 valence electrons. The number of carbonyl (C=O) groups is 1. The van der Waals surface area contributed by atoms with Crippen molar-refractivity contribution in [1.29, 1.82) is 0 Å². The summed E-state index contributed by atoms with van der Waals surface area (Å²) in [6.07, 6.45) is 2.52. The van der Waals surface area contributed by atoms with Gasteiger partial charge in [-0.3, -0.25) is 9.69 Å². The van der Waals surface area contributed by atoms with E-state index in [1.54, 1.807) is 18.4 Å². The lowest BCUT2D eigenvalue weighted by molar-refractivity contribution is 0.104. The Bertz CT molecular complexity index is 1550. The number of carbonyl (C=O) groups excluding carboxylic acids is 1. The van der Waals surface area contributed by atoms with Crippen LogP contribution in [0.25, 0.3) is 20.5 Å². The van der Waals surface area contributed by atoms with E-state index in [9.17, 15) is 4.79 Å². The molecule has 1 fully saturated rings. The van der Waals surface area contributed by atoms with Crippen LogP contribution in [0.3, 0.4) is 0 Å². The van der Waals surface area contributed by atoms with E-state index >= 15 is 0 Å². The first kappa shape index (κ1) is 32.3. The average molecular weight is 630 g/mol. The van der Waals surface area contributed by atoms with E-state index in [0.29, 0.717) is 40.3 Å². The van der Waals surface area contributed by atoms with Gasteiger partial charge in [0, 0.05) is 32.6 Å². The molecule has 3 aromatic carbocycles. The summed E-state index contributed by atoms with van der Waals surface area (Å²) in [5, 5.41) is 0.966. The van der Waals surface area contributed by atoms with Crippen molar-refractivity contribution in [3.63, 3.8) is 0 Å². The fourth-order valence-electron chi connectivity index (χ4n) is 7.07. The third-order valence-corrected chi connectivity index (χ3v) is 16.5. The Morgan fingerprint density at radius 2 is 1.52 bits per heavy atom. The van der Waals surface area contributed by atoms with E-state index in [1.165, 1.54) is 12.8 Å². The van der Waals surface area contributed by atoms with Gasteiger partial charge in [-0.2, -0.15) is 0 Å². The van der Waals surface area contributed by atoms with Gasteiger partial charge in [0.15, 0.2) is 17.3 Å². The van der Waals surface area contributed by atoms with E-state index in [0.717, 1.165) is 51.5 Å². The summed E-state index contributed by atoms with van der Waals surface area (Å²) in [6, 6.07) is 22.1. The summed E-state index contributed by atoms with van der Waals surface area (Å²) in [5.41, 5.74) is 3.80. The highest BCUT2D eigenvalue weighted by Crippen LogP contribution is 2.44. The Kier molecular flexibility index (Phi) is 10.2.